The number of aryl methyl sites for hydroxylation is 2. The van der Waals surface area contributed by atoms with Crippen LogP contribution in [0.3, 0.4) is 0 Å². The molecule has 8 nitrogen and oxygen atoms in total. The van der Waals surface area contributed by atoms with E-state index in [1.165, 1.54) is 9.80 Å². The van der Waals surface area contributed by atoms with Gasteiger partial charge in [0.2, 0.25) is 0 Å². The van der Waals surface area contributed by atoms with Crippen LogP contribution < -0.4 is 9.80 Å². The number of fused-ring (bicyclic) bond motifs is 8. The van der Waals surface area contributed by atoms with Gasteiger partial charge >= 0.3 is 0 Å². The first-order chi connectivity index (χ1) is 30.3. The van der Waals surface area contributed by atoms with E-state index in [0.717, 1.165) is 65.9 Å². The normalized spacial score (nSPS) is 13.7. The summed E-state index contributed by atoms with van der Waals surface area (Å²) in [7, 11) is 0. The molecule has 0 spiro atoms. The Morgan fingerprint density at radius 2 is 0.661 bits per heavy atom. The molecule has 0 radical (unpaired) electrons. The highest BCUT2D eigenvalue weighted by molar-refractivity contribution is 6.37. The van der Waals surface area contributed by atoms with Gasteiger partial charge in [-0.2, -0.15) is 0 Å². The summed E-state index contributed by atoms with van der Waals surface area (Å²) >= 11 is 0. The highest BCUT2D eigenvalue weighted by Crippen LogP contribution is 2.41. The highest BCUT2D eigenvalue weighted by atomic mass is 16.2. The van der Waals surface area contributed by atoms with Crippen molar-refractivity contribution in [2.45, 2.75) is 13.8 Å². The van der Waals surface area contributed by atoms with Crippen LogP contribution in [-0.4, -0.2) is 32.8 Å². The van der Waals surface area contributed by atoms with Crippen LogP contribution in [0.4, 0.5) is 11.4 Å². The lowest BCUT2D eigenvalue weighted by Gasteiger charge is -2.19. The predicted octanol–water partition coefficient (Wildman–Crippen LogP) is 11.8. The summed E-state index contributed by atoms with van der Waals surface area (Å²) in [5.74, 6) is -1.49. The molecule has 2 aliphatic heterocycles. The van der Waals surface area contributed by atoms with Gasteiger partial charge in [0.25, 0.3) is 23.6 Å². The summed E-state index contributed by atoms with van der Waals surface area (Å²) in [5, 5.41) is 4.27. The number of carbonyl (C=O) groups excluding carboxylic acids is 4. The van der Waals surface area contributed by atoms with E-state index in [2.05, 4.69) is 33.4 Å². The Kier molecular flexibility index (Phi) is 7.50. The van der Waals surface area contributed by atoms with E-state index in [-0.39, 0.29) is 23.6 Å². The summed E-state index contributed by atoms with van der Waals surface area (Å²) in [6.07, 6.45) is 0. The van der Waals surface area contributed by atoms with Gasteiger partial charge < -0.3 is 9.13 Å². The fourth-order valence-corrected chi connectivity index (χ4v) is 9.88. The number of anilines is 2. The van der Waals surface area contributed by atoms with Crippen LogP contribution in [0.5, 0.6) is 0 Å². The van der Waals surface area contributed by atoms with Gasteiger partial charge in [-0.25, -0.2) is 9.80 Å². The van der Waals surface area contributed by atoms with E-state index in [1.807, 2.05) is 147 Å². The minimum absolute atomic E-state index is 0.361. The van der Waals surface area contributed by atoms with Gasteiger partial charge in [-0.3, -0.25) is 19.2 Å². The molecule has 12 rings (SSSR count). The van der Waals surface area contributed by atoms with Crippen molar-refractivity contribution in [3.63, 3.8) is 0 Å². The van der Waals surface area contributed by atoms with Crippen LogP contribution in [0.15, 0.2) is 170 Å². The first-order valence-corrected chi connectivity index (χ1v) is 20.5. The molecule has 62 heavy (non-hydrogen) atoms. The standard InChI is InChI=1S/C54H34N4O4/c1-31-29-33(25-27-41(31)57-51(59)39-17-11-23-47(49(39)53(57)61)55-43-19-7-3-13-35(43)36-14-4-8-20-44(36)55)34-26-28-42(32(2)30-34)58-52(60)40-18-12-24-48(50(40)54(58)62)56-45-21-9-5-15-37(45)38-16-6-10-22-46(38)56/h3-30H,1-2H3. The summed E-state index contributed by atoms with van der Waals surface area (Å²) in [5.41, 5.74) is 10.8. The summed E-state index contributed by atoms with van der Waals surface area (Å²) in [6, 6.07) is 54.6. The average Bonchev–Trinajstić information content (AvgIpc) is 3.98. The number of rotatable bonds is 5. The van der Waals surface area contributed by atoms with Crippen molar-refractivity contribution in [2.75, 3.05) is 9.80 Å². The Bertz CT molecular complexity index is 3320. The Balaban J connectivity index is 0.873. The zero-order valence-electron chi connectivity index (χ0n) is 33.6. The number of nitrogens with zero attached hydrogens (tertiary/aromatic N) is 4. The van der Waals surface area contributed by atoms with Crippen LogP contribution >= 0.6 is 0 Å². The van der Waals surface area contributed by atoms with Crippen LogP contribution in [0.2, 0.25) is 0 Å². The average molecular weight is 803 g/mol. The first kappa shape index (κ1) is 35.6. The maximum atomic E-state index is 14.5. The predicted molar refractivity (Wildman–Crippen MR) is 245 cm³/mol. The Hall–Kier alpha value is -8.36. The smallest absolute Gasteiger partial charge is 0.268 e. The van der Waals surface area contributed by atoms with Crippen molar-refractivity contribution < 1.29 is 19.2 Å². The number of hydrogen-bond donors (Lipinski definition) is 0. The summed E-state index contributed by atoms with van der Waals surface area (Å²) in [4.78, 5) is 59.8. The molecule has 2 aliphatic rings. The number of amides is 4. The molecular weight excluding hydrogens is 769 g/mol. The molecule has 0 bridgehead atoms. The van der Waals surface area contributed by atoms with Crippen LogP contribution in [-0.2, 0) is 0 Å². The number of carbonyl (C=O) groups is 4. The van der Waals surface area contributed by atoms with Crippen molar-refractivity contribution >= 4 is 78.6 Å². The molecule has 0 aliphatic carbocycles. The number of para-hydroxylation sites is 4. The van der Waals surface area contributed by atoms with Crippen molar-refractivity contribution in [1.82, 2.24) is 9.13 Å². The monoisotopic (exact) mass is 802 g/mol. The molecule has 8 aromatic carbocycles. The molecule has 0 N–H and O–H groups in total. The lowest BCUT2D eigenvalue weighted by atomic mass is 9.99. The number of aromatic nitrogens is 2. The van der Waals surface area contributed by atoms with E-state index < -0.39 is 0 Å². The van der Waals surface area contributed by atoms with E-state index in [4.69, 9.17) is 0 Å². The third-order valence-electron chi connectivity index (χ3n) is 12.6. The van der Waals surface area contributed by atoms with Crippen molar-refractivity contribution in [1.29, 1.82) is 0 Å². The van der Waals surface area contributed by atoms with E-state index in [0.29, 0.717) is 45.0 Å². The maximum Gasteiger partial charge on any atom is 0.268 e. The molecule has 294 valence electrons. The van der Waals surface area contributed by atoms with Gasteiger partial charge in [-0.05, 0) is 109 Å². The lowest BCUT2D eigenvalue weighted by Crippen LogP contribution is -2.30. The third-order valence-corrected chi connectivity index (χ3v) is 12.6. The van der Waals surface area contributed by atoms with Gasteiger partial charge in [-0.1, -0.05) is 97.1 Å². The van der Waals surface area contributed by atoms with E-state index in [1.54, 1.807) is 12.1 Å². The van der Waals surface area contributed by atoms with Gasteiger partial charge in [0.05, 0.1) is 67.1 Å². The molecule has 0 saturated heterocycles. The molecular formula is C54H34N4O4. The minimum atomic E-state index is -0.374. The van der Waals surface area contributed by atoms with Crippen molar-refractivity contribution in [3.8, 4) is 22.5 Å². The molecule has 0 saturated carbocycles. The SMILES string of the molecule is Cc1cc(-c2ccc(N3C(=O)c4cccc(-n5c6ccccc6c6ccccc65)c4C3=O)c(C)c2)ccc1N1C(=O)c2cccc(-n3c4ccccc4c4ccccc43)c2C1=O. The van der Waals surface area contributed by atoms with Gasteiger partial charge in [0.15, 0.2) is 0 Å². The van der Waals surface area contributed by atoms with Gasteiger partial charge in [-0.15, -0.1) is 0 Å². The zero-order valence-corrected chi connectivity index (χ0v) is 33.6. The van der Waals surface area contributed by atoms with Gasteiger partial charge in [0.1, 0.15) is 0 Å². The fraction of sp³-hybridized carbons (Fsp3) is 0.0370. The molecule has 0 unspecified atom stereocenters. The molecule has 4 heterocycles. The second kappa shape index (κ2) is 13.1. The number of benzene rings is 8. The topological polar surface area (TPSA) is 84.6 Å². The molecule has 0 atom stereocenters. The largest absolute Gasteiger partial charge is 0.308 e. The van der Waals surface area contributed by atoms with E-state index >= 15 is 0 Å². The Morgan fingerprint density at radius 3 is 1.00 bits per heavy atom. The summed E-state index contributed by atoms with van der Waals surface area (Å²) < 4.78 is 4.15. The lowest BCUT2D eigenvalue weighted by molar-refractivity contribution is 0.0910. The Morgan fingerprint density at radius 1 is 0.323 bits per heavy atom. The molecule has 10 aromatic rings. The molecule has 0 fully saturated rings. The number of imide groups is 2. The maximum absolute atomic E-state index is 14.5. The fourth-order valence-electron chi connectivity index (χ4n) is 9.88. The van der Waals surface area contributed by atoms with Gasteiger partial charge in [0, 0.05) is 21.5 Å². The second-order valence-electron chi connectivity index (χ2n) is 16.0. The quantitative estimate of drug-likeness (QED) is 0.162. The summed E-state index contributed by atoms with van der Waals surface area (Å²) in [6.45, 7) is 3.79. The number of hydrogen-bond acceptors (Lipinski definition) is 4. The van der Waals surface area contributed by atoms with Crippen LogP contribution in [0.1, 0.15) is 52.6 Å². The molecule has 4 amide bonds. The van der Waals surface area contributed by atoms with Crippen LogP contribution in [0, 0.1) is 13.8 Å². The second-order valence-corrected chi connectivity index (χ2v) is 16.0. The first-order valence-electron chi connectivity index (χ1n) is 20.5. The van der Waals surface area contributed by atoms with E-state index in [9.17, 15) is 19.2 Å². The molecule has 8 heteroatoms. The van der Waals surface area contributed by atoms with Crippen molar-refractivity contribution in [2.24, 2.45) is 0 Å². The van der Waals surface area contributed by atoms with Crippen molar-refractivity contribution in [3.05, 3.63) is 203 Å². The Labute approximate surface area is 355 Å². The van der Waals surface area contributed by atoms with Crippen LogP contribution in [0.25, 0.3) is 66.1 Å². The molecule has 2 aromatic heterocycles. The third kappa shape index (κ3) is 4.83. The highest BCUT2D eigenvalue weighted by Gasteiger charge is 2.41. The zero-order chi connectivity index (χ0) is 42.0. The minimum Gasteiger partial charge on any atom is -0.308 e.